The van der Waals surface area contributed by atoms with E-state index >= 15 is 0 Å². The molecule has 180 valence electrons. The predicted molar refractivity (Wildman–Crippen MR) is 136 cm³/mol. The molecule has 2 aromatic carbocycles. The summed E-state index contributed by atoms with van der Waals surface area (Å²) in [6, 6.07) is 14.1. The number of hydrogen-bond acceptors (Lipinski definition) is 5. The number of hydrogen-bond donors (Lipinski definition) is 2. The fourth-order valence-corrected chi connectivity index (χ4v) is 4.70. The van der Waals surface area contributed by atoms with Gasteiger partial charge in [-0.1, -0.05) is 33.6 Å². The first kappa shape index (κ1) is 24.5. The van der Waals surface area contributed by atoms with E-state index in [0.717, 1.165) is 36.3 Å². The lowest BCUT2D eigenvalue weighted by molar-refractivity contribution is -0.145. The number of carbonyl (C=O) groups is 3. The SMILES string of the molecule is O=C(C[C@@H]1C(=O)NCCN1C(=O)CN1CCN(c2cccc(Cl)c2)CC1)Nc1ccc(Br)cc1. The largest absolute Gasteiger partial charge is 0.369 e. The minimum atomic E-state index is -0.815. The average Bonchev–Trinajstić information content (AvgIpc) is 2.82. The van der Waals surface area contributed by atoms with Crippen LogP contribution in [-0.4, -0.2) is 79.4 Å². The summed E-state index contributed by atoms with van der Waals surface area (Å²) in [5.41, 5.74) is 1.71. The second-order valence-corrected chi connectivity index (χ2v) is 9.75. The molecule has 2 aromatic rings. The van der Waals surface area contributed by atoms with Crippen LogP contribution in [0.25, 0.3) is 0 Å². The summed E-state index contributed by atoms with van der Waals surface area (Å²) in [5.74, 6) is -0.735. The van der Waals surface area contributed by atoms with Crippen LogP contribution in [0.4, 0.5) is 11.4 Å². The second kappa shape index (κ2) is 11.2. The molecule has 0 bridgehead atoms. The van der Waals surface area contributed by atoms with Gasteiger partial charge >= 0.3 is 0 Å². The maximum Gasteiger partial charge on any atom is 0.243 e. The summed E-state index contributed by atoms with van der Waals surface area (Å²) >= 11 is 9.47. The van der Waals surface area contributed by atoms with Crippen LogP contribution in [0.3, 0.4) is 0 Å². The van der Waals surface area contributed by atoms with Crippen molar-refractivity contribution in [3.8, 4) is 0 Å². The monoisotopic (exact) mass is 547 g/mol. The number of nitrogens with one attached hydrogen (secondary N) is 2. The number of benzene rings is 2. The first-order chi connectivity index (χ1) is 16.4. The van der Waals surface area contributed by atoms with Crippen molar-refractivity contribution in [2.45, 2.75) is 12.5 Å². The zero-order chi connectivity index (χ0) is 24.1. The Morgan fingerprint density at radius 1 is 1.06 bits per heavy atom. The Labute approximate surface area is 212 Å². The van der Waals surface area contributed by atoms with E-state index in [2.05, 4.69) is 36.4 Å². The van der Waals surface area contributed by atoms with Gasteiger partial charge in [0.2, 0.25) is 17.7 Å². The molecule has 2 saturated heterocycles. The molecule has 1 atom stereocenters. The van der Waals surface area contributed by atoms with Crippen LogP contribution in [0.2, 0.25) is 5.02 Å². The summed E-state index contributed by atoms with van der Waals surface area (Å²) in [5, 5.41) is 6.28. The van der Waals surface area contributed by atoms with Crippen LogP contribution in [0.5, 0.6) is 0 Å². The molecule has 0 aromatic heterocycles. The molecule has 2 aliphatic heterocycles. The number of amides is 3. The second-order valence-electron chi connectivity index (χ2n) is 8.40. The molecule has 0 unspecified atom stereocenters. The van der Waals surface area contributed by atoms with E-state index in [0.29, 0.717) is 23.8 Å². The molecule has 0 aliphatic carbocycles. The highest BCUT2D eigenvalue weighted by molar-refractivity contribution is 9.10. The van der Waals surface area contributed by atoms with Gasteiger partial charge in [-0.25, -0.2) is 0 Å². The number of nitrogens with zero attached hydrogens (tertiary/aromatic N) is 3. The van der Waals surface area contributed by atoms with Crippen molar-refractivity contribution in [3.63, 3.8) is 0 Å². The van der Waals surface area contributed by atoms with Crippen molar-refractivity contribution < 1.29 is 14.4 Å². The van der Waals surface area contributed by atoms with Crippen molar-refractivity contribution in [1.82, 2.24) is 15.1 Å². The predicted octanol–water partition coefficient (Wildman–Crippen LogP) is 2.58. The minimum Gasteiger partial charge on any atom is -0.369 e. The van der Waals surface area contributed by atoms with E-state index in [1.54, 1.807) is 17.0 Å². The van der Waals surface area contributed by atoms with Gasteiger partial charge in [0.15, 0.2) is 0 Å². The number of halogens is 2. The van der Waals surface area contributed by atoms with Gasteiger partial charge in [-0.15, -0.1) is 0 Å². The maximum absolute atomic E-state index is 13.1. The molecule has 2 aliphatic rings. The molecule has 2 N–H and O–H groups in total. The normalized spacial score (nSPS) is 19.0. The van der Waals surface area contributed by atoms with Crippen LogP contribution in [0, 0.1) is 0 Å². The molecule has 8 nitrogen and oxygen atoms in total. The summed E-state index contributed by atoms with van der Waals surface area (Å²) in [4.78, 5) is 44.2. The average molecular weight is 549 g/mol. The van der Waals surface area contributed by atoms with Gasteiger partial charge in [-0.3, -0.25) is 19.3 Å². The molecule has 0 spiro atoms. The lowest BCUT2D eigenvalue weighted by atomic mass is 10.1. The van der Waals surface area contributed by atoms with E-state index in [9.17, 15) is 14.4 Å². The maximum atomic E-state index is 13.1. The standard InChI is InChI=1S/C24H27BrClN5O3/c25-17-4-6-19(7-5-17)28-22(32)15-21-24(34)27-8-9-31(21)23(33)16-29-10-12-30(13-11-29)20-3-1-2-18(26)14-20/h1-7,14,21H,8-13,15-16H2,(H,27,34)(H,28,32)/t21-/m1/s1. The third-order valence-corrected chi connectivity index (χ3v) is 6.83. The van der Waals surface area contributed by atoms with Crippen LogP contribution < -0.4 is 15.5 Å². The lowest BCUT2D eigenvalue weighted by Crippen LogP contribution is -2.60. The van der Waals surface area contributed by atoms with Gasteiger partial charge in [-0.2, -0.15) is 0 Å². The molecule has 2 fully saturated rings. The fraction of sp³-hybridized carbons (Fsp3) is 0.375. The van der Waals surface area contributed by atoms with Gasteiger partial charge in [0.1, 0.15) is 6.04 Å². The van der Waals surface area contributed by atoms with Gasteiger partial charge < -0.3 is 20.4 Å². The molecule has 3 amide bonds. The number of rotatable bonds is 6. The van der Waals surface area contributed by atoms with E-state index in [-0.39, 0.29) is 30.7 Å². The minimum absolute atomic E-state index is 0.0871. The third kappa shape index (κ3) is 6.28. The molecular weight excluding hydrogens is 522 g/mol. The van der Waals surface area contributed by atoms with E-state index < -0.39 is 6.04 Å². The highest BCUT2D eigenvalue weighted by Crippen LogP contribution is 2.21. The van der Waals surface area contributed by atoms with Gasteiger partial charge in [0, 0.05) is 60.1 Å². The van der Waals surface area contributed by atoms with Gasteiger partial charge in [-0.05, 0) is 42.5 Å². The smallest absolute Gasteiger partial charge is 0.243 e. The van der Waals surface area contributed by atoms with Gasteiger partial charge in [0.05, 0.1) is 13.0 Å². The molecular formula is C24H27BrClN5O3. The van der Waals surface area contributed by atoms with Gasteiger partial charge in [0.25, 0.3) is 0 Å². The van der Waals surface area contributed by atoms with Crippen molar-refractivity contribution in [2.24, 2.45) is 0 Å². The van der Waals surface area contributed by atoms with Crippen molar-refractivity contribution in [3.05, 3.63) is 58.0 Å². The molecule has 34 heavy (non-hydrogen) atoms. The Morgan fingerprint density at radius 3 is 2.50 bits per heavy atom. The van der Waals surface area contributed by atoms with Crippen LogP contribution >= 0.6 is 27.5 Å². The fourth-order valence-electron chi connectivity index (χ4n) is 4.26. The summed E-state index contributed by atoms with van der Waals surface area (Å²) in [6.45, 7) is 4.03. The Bertz CT molecular complexity index is 1040. The van der Waals surface area contributed by atoms with Crippen molar-refractivity contribution >= 4 is 56.6 Å². The van der Waals surface area contributed by atoms with E-state index in [1.165, 1.54) is 0 Å². The zero-order valence-electron chi connectivity index (χ0n) is 18.7. The highest BCUT2D eigenvalue weighted by atomic mass is 79.9. The third-order valence-electron chi connectivity index (χ3n) is 6.06. The Morgan fingerprint density at radius 2 is 1.79 bits per heavy atom. The van der Waals surface area contributed by atoms with E-state index in [1.807, 2.05) is 36.4 Å². The van der Waals surface area contributed by atoms with Crippen LogP contribution in [-0.2, 0) is 14.4 Å². The zero-order valence-corrected chi connectivity index (χ0v) is 21.0. The molecule has 10 heteroatoms. The topological polar surface area (TPSA) is 85.0 Å². The van der Waals surface area contributed by atoms with Crippen LogP contribution in [0.1, 0.15) is 6.42 Å². The Kier molecular flexibility index (Phi) is 8.07. The number of carbonyl (C=O) groups excluding carboxylic acids is 3. The molecule has 0 saturated carbocycles. The molecule has 0 radical (unpaired) electrons. The highest BCUT2D eigenvalue weighted by Gasteiger charge is 2.35. The van der Waals surface area contributed by atoms with E-state index in [4.69, 9.17) is 11.6 Å². The number of anilines is 2. The first-order valence-corrected chi connectivity index (χ1v) is 12.4. The summed E-state index contributed by atoms with van der Waals surface area (Å²) < 4.78 is 0.905. The molecule has 2 heterocycles. The first-order valence-electron chi connectivity index (χ1n) is 11.2. The lowest BCUT2D eigenvalue weighted by Gasteiger charge is -2.39. The van der Waals surface area contributed by atoms with Crippen molar-refractivity contribution in [2.75, 3.05) is 56.0 Å². The van der Waals surface area contributed by atoms with Crippen LogP contribution in [0.15, 0.2) is 53.0 Å². The summed E-state index contributed by atoms with van der Waals surface area (Å²) in [6.07, 6.45) is -0.0871. The Hall–Kier alpha value is -2.62. The molecule has 4 rings (SSSR count). The Balaban J connectivity index is 1.32. The van der Waals surface area contributed by atoms with Crippen molar-refractivity contribution in [1.29, 1.82) is 0 Å². The quantitative estimate of drug-likeness (QED) is 0.580. The number of piperazine rings is 2. The summed E-state index contributed by atoms with van der Waals surface area (Å²) in [7, 11) is 0.